The Morgan fingerprint density at radius 1 is 0.375 bits per heavy atom. The van der Waals surface area contributed by atoms with E-state index in [0.717, 1.165) is 38.5 Å². The number of hydrogen-bond acceptors (Lipinski definition) is 5. The molecule has 0 spiro atoms. The second kappa shape index (κ2) is 61.9. The van der Waals surface area contributed by atoms with E-state index in [1.54, 1.807) is 6.08 Å². The van der Waals surface area contributed by atoms with Crippen molar-refractivity contribution in [3.63, 3.8) is 0 Å². The third-order valence-corrected chi connectivity index (χ3v) is 15.2. The summed E-state index contributed by atoms with van der Waals surface area (Å²) in [5, 5.41) is 23.0. The lowest BCUT2D eigenvalue weighted by Gasteiger charge is -2.20. The van der Waals surface area contributed by atoms with E-state index in [-0.39, 0.29) is 18.5 Å². The van der Waals surface area contributed by atoms with Crippen molar-refractivity contribution in [1.82, 2.24) is 5.32 Å². The van der Waals surface area contributed by atoms with Gasteiger partial charge in [0, 0.05) is 12.8 Å². The smallest absolute Gasteiger partial charge is 0.305 e. The van der Waals surface area contributed by atoms with E-state index in [9.17, 15) is 19.8 Å². The second-order valence-corrected chi connectivity index (χ2v) is 22.5. The number of allylic oxidation sites excluding steroid dienone is 3. The van der Waals surface area contributed by atoms with Crippen molar-refractivity contribution >= 4 is 11.9 Å². The van der Waals surface area contributed by atoms with Crippen LogP contribution in [0, 0.1) is 0 Å². The Bertz CT molecular complexity index is 1120. The van der Waals surface area contributed by atoms with E-state index in [0.29, 0.717) is 19.4 Å². The van der Waals surface area contributed by atoms with Crippen LogP contribution in [0.2, 0.25) is 0 Å². The lowest BCUT2D eigenvalue weighted by molar-refractivity contribution is -0.143. The van der Waals surface area contributed by atoms with E-state index in [1.807, 2.05) is 6.08 Å². The van der Waals surface area contributed by atoms with Crippen LogP contribution in [0.15, 0.2) is 24.3 Å². The molecule has 2 unspecified atom stereocenters. The maximum absolute atomic E-state index is 12.4. The van der Waals surface area contributed by atoms with Gasteiger partial charge in [0.05, 0.1) is 25.4 Å². The molecule has 0 bridgehead atoms. The van der Waals surface area contributed by atoms with Crippen molar-refractivity contribution in [2.75, 3.05) is 13.2 Å². The third kappa shape index (κ3) is 57.6. The Kier molecular flexibility index (Phi) is 60.5. The SMILES string of the molecule is CCCCCCCCC/C=C/C(O)C(CO)NC(=O)CCCCCCCCCCCCCCC/C=C\CCCCCCCCCCCCCCOC(=O)CCCCCCCCCCCCCCCCCCC. The fraction of sp³-hybridized carbons (Fsp3) is 0.909. The number of carbonyl (C=O) groups is 2. The van der Waals surface area contributed by atoms with Crippen LogP contribution < -0.4 is 5.32 Å². The average Bonchev–Trinajstić information content (AvgIpc) is 3.38. The molecule has 0 fully saturated rings. The maximum Gasteiger partial charge on any atom is 0.305 e. The number of hydrogen-bond donors (Lipinski definition) is 3. The fourth-order valence-electron chi connectivity index (χ4n) is 10.2. The van der Waals surface area contributed by atoms with Gasteiger partial charge in [0.15, 0.2) is 0 Å². The minimum absolute atomic E-state index is 0.0204. The quantitative estimate of drug-likeness (QED) is 0.0320. The van der Waals surface area contributed by atoms with E-state index >= 15 is 0 Å². The van der Waals surface area contributed by atoms with Gasteiger partial charge >= 0.3 is 5.97 Å². The monoisotopic (exact) mass is 1010 g/mol. The molecule has 6 heteroatoms. The highest BCUT2D eigenvalue weighted by molar-refractivity contribution is 5.76. The van der Waals surface area contributed by atoms with Crippen LogP contribution in [0.1, 0.15) is 361 Å². The zero-order chi connectivity index (χ0) is 52.2. The Morgan fingerprint density at radius 3 is 0.986 bits per heavy atom. The molecule has 0 rings (SSSR count). The largest absolute Gasteiger partial charge is 0.466 e. The molecule has 6 nitrogen and oxygen atoms in total. The molecule has 0 aromatic rings. The van der Waals surface area contributed by atoms with Crippen molar-refractivity contribution in [3.8, 4) is 0 Å². The summed E-state index contributed by atoms with van der Waals surface area (Å²) in [6.07, 6.45) is 76.8. The predicted molar refractivity (Wildman–Crippen MR) is 315 cm³/mol. The van der Waals surface area contributed by atoms with Gasteiger partial charge in [-0.25, -0.2) is 0 Å². The van der Waals surface area contributed by atoms with Crippen LogP contribution in [-0.4, -0.2) is 47.4 Å². The number of aliphatic hydroxyl groups is 2. The van der Waals surface area contributed by atoms with Crippen molar-refractivity contribution in [2.24, 2.45) is 0 Å². The van der Waals surface area contributed by atoms with E-state index < -0.39 is 12.1 Å². The third-order valence-electron chi connectivity index (χ3n) is 15.2. The number of nitrogens with one attached hydrogen (secondary N) is 1. The number of esters is 1. The van der Waals surface area contributed by atoms with Crippen molar-refractivity contribution in [3.05, 3.63) is 24.3 Å². The van der Waals surface area contributed by atoms with E-state index in [4.69, 9.17) is 4.74 Å². The average molecular weight is 1010 g/mol. The first-order chi connectivity index (χ1) is 35.5. The second-order valence-electron chi connectivity index (χ2n) is 22.5. The summed E-state index contributed by atoms with van der Waals surface area (Å²) < 4.78 is 5.50. The number of rotatable bonds is 61. The van der Waals surface area contributed by atoms with Crippen LogP contribution in [-0.2, 0) is 14.3 Å². The first-order valence-electron chi connectivity index (χ1n) is 32.6. The summed E-state index contributed by atoms with van der Waals surface area (Å²) in [5.41, 5.74) is 0. The van der Waals surface area contributed by atoms with E-state index in [2.05, 4.69) is 31.3 Å². The van der Waals surface area contributed by atoms with Crippen molar-refractivity contribution < 1.29 is 24.5 Å². The molecule has 0 aromatic carbocycles. The van der Waals surface area contributed by atoms with Gasteiger partial charge in [0.2, 0.25) is 5.91 Å². The molecule has 0 radical (unpaired) electrons. The molecule has 3 N–H and O–H groups in total. The molecule has 72 heavy (non-hydrogen) atoms. The van der Waals surface area contributed by atoms with Crippen LogP contribution in [0.4, 0.5) is 0 Å². The topological polar surface area (TPSA) is 95.9 Å². The molecule has 0 aliphatic carbocycles. The number of amides is 1. The highest BCUT2D eigenvalue weighted by Gasteiger charge is 2.18. The molecular weight excluding hydrogens is 887 g/mol. The molecule has 0 saturated heterocycles. The maximum atomic E-state index is 12.4. The van der Waals surface area contributed by atoms with E-state index in [1.165, 1.54) is 295 Å². The predicted octanol–water partition coefficient (Wildman–Crippen LogP) is 20.6. The molecular formula is C66H127NO5. The zero-order valence-corrected chi connectivity index (χ0v) is 48.7. The molecule has 0 heterocycles. The minimum Gasteiger partial charge on any atom is -0.466 e. The molecule has 0 aliphatic rings. The summed E-state index contributed by atoms with van der Waals surface area (Å²) in [6, 6.07) is -0.624. The van der Waals surface area contributed by atoms with Crippen LogP contribution in [0.5, 0.6) is 0 Å². The lowest BCUT2D eigenvalue weighted by atomic mass is 10.0. The number of carbonyl (C=O) groups excluding carboxylic acids is 2. The first-order valence-corrected chi connectivity index (χ1v) is 32.6. The molecule has 2 atom stereocenters. The van der Waals surface area contributed by atoms with Gasteiger partial charge in [0.1, 0.15) is 0 Å². The van der Waals surface area contributed by atoms with Gasteiger partial charge in [-0.15, -0.1) is 0 Å². The molecule has 426 valence electrons. The first kappa shape index (κ1) is 70.3. The van der Waals surface area contributed by atoms with Crippen LogP contribution in [0.3, 0.4) is 0 Å². The highest BCUT2D eigenvalue weighted by Crippen LogP contribution is 2.18. The lowest BCUT2D eigenvalue weighted by Crippen LogP contribution is -2.45. The highest BCUT2D eigenvalue weighted by atomic mass is 16.5. The summed E-state index contributed by atoms with van der Waals surface area (Å²) in [4.78, 5) is 24.5. The zero-order valence-electron chi connectivity index (χ0n) is 48.7. The van der Waals surface area contributed by atoms with Gasteiger partial charge in [-0.3, -0.25) is 9.59 Å². The Morgan fingerprint density at radius 2 is 0.653 bits per heavy atom. The number of aliphatic hydroxyl groups excluding tert-OH is 2. The van der Waals surface area contributed by atoms with Gasteiger partial charge in [0.25, 0.3) is 0 Å². The van der Waals surface area contributed by atoms with Crippen LogP contribution in [0.25, 0.3) is 0 Å². The van der Waals surface area contributed by atoms with Crippen LogP contribution >= 0.6 is 0 Å². The van der Waals surface area contributed by atoms with Gasteiger partial charge < -0.3 is 20.3 Å². The summed E-state index contributed by atoms with van der Waals surface area (Å²) in [6.45, 7) is 4.90. The minimum atomic E-state index is -0.841. The summed E-state index contributed by atoms with van der Waals surface area (Å²) in [7, 11) is 0. The summed E-state index contributed by atoms with van der Waals surface area (Å²) in [5.74, 6) is -0.0484. The normalized spacial score (nSPS) is 12.7. The van der Waals surface area contributed by atoms with Gasteiger partial charge in [-0.2, -0.15) is 0 Å². The fourth-order valence-corrected chi connectivity index (χ4v) is 10.2. The number of unbranched alkanes of at least 4 members (excludes halogenated alkanes) is 48. The van der Waals surface area contributed by atoms with Gasteiger partial charge in [-0.1, -0.05) is 314 Å². The van der Waals surface area contributed by atoms with Crippen molar-refractivity contribution in [1.29, 1.82) is 0 Å². The summed E-state index contributed by atoms with van der Waals surface area (Å²) >= 11 is 0. The molecule has 1 amide bonds. The Balaban J connectivity index is 3.33. The van der Waals surface area contributed by atoms with Crippen molar-refractivity contribution in [2.45, 2.75) is 373 Å². The number of ether oxygens (including phenoxy) is 1. The molecule has 0 aliphatic heterocycles. The molecule has 0 saturated carbocycles. The Hall–Kier alpha value is -1.66. The standard InChI is InChI=1S/C66H127NO5/c1-3-5-7-9-11-13-14-15-16-30-34-37-40-44-48-52-56-60-66(71)72-61-57-53-49-45-41-38-35-32-29-27-25-23-21-19-17-18-20-22-24-26-28-31-33-36-39-43-47-51-55-59-65(70)67-63(62-68)64(69)58-54-50-46-42-12-10-8-6-4-2/h17,19,54,58,63-64,68-69H,3-16,18,20-53,55-57,59-62H2,1-2H3,(H,67,70)/b19-17-,58-54+. The Labute approximate surface area is 450 Å². The molecule has 0 aromatic heterocycles. The van der Waals surface area contributed by atoms with Gasteiger partial charge in [-0.05, 0) is 57.8 Å².